The van der Waals surface area contributed by atoms with E-state index in [1.54, 1.807) is 0 Å². The second-order valence-electron chi connectivity index (χ2n) is 8.55. The second-order valence-corrected chi connectivity index (χ2v) is 8.55. The van der Waals surface area contributed by atoms with Crippen LogP contribution in [0.5, 0.6) is 0 Å². The Hall–Kier alpha value is -4.11. The van der Waals surface area contributed by atoms with Gasteiger partial charge in [0.15, 0.2) is 17.4 Å². The van der Waals surface area contributed by atoms with Crippen LogP contribution in [-0.4, -0.2) is 0 Å². The molecule has 0 aliphatic heterocycles. The van der Waals surface area contributed by atoms with Crippen molar-refractivity contribution in [3.05, 3.63) is 90.6 Å². The molecule has 0 aliphatic rings. The van der Waals surface area contributed by atoms with E-state index in [-0.39, 0.29) is 0 Å². The van der Waals surface area contributed by atoms with Crippen molar-refractivity contribution in [2.24, 2.45) is 7.05 Å². The molecule has 3 nitrogen and oxygen atoms in total. The largest absolute Gasteiger partial charge is 0.452 e. The SMILES string of the molecule is Cc1ccc2c(oc3c2ccc2c4ccccc4oc23)c1-c1cc2ccccc2c[n+]1C. The predicted octanol–water partition coefficient (Wildman–Crippen LogP) is 7.44. The molecular weight excluding hydrogens is 394 g/mol. The molecule has 7 aromatic rings. The number of para-hydroxylation sites is 1. The highest BCUT2D eigenvalue weighted by Crippen LogP contribution is 2.42. The lowest BCUT2D eigenvalue weighted by Crippen LogP contribution is -2.30. The Bertz CT molecular complexity index is 1850. The van der Waals surface area contributed by atoms with Gasteiger partial charge in [-0.2, -0.15) is 0 Å². The van der Waals surface area contributed by atoms with E-state index in [0.717, 1.165) is 55.1 Å². The molecule has 0 fully saturated rings. The zero-order valence-electron chi connectivity index (χ0n) is 17.8. The van der Waals surface area contributed by atoms with E-state index < -0.39 is 0 Å². The van der Waals surface area contributed by atoms with Gasteiger partial charge in [-0.3, -0.25) is 0 Å². The summed E-state index contributed by atoms with van der Waals surface area (Å²) in [6.45, 7) is 2.15. The fourth-order valence-corrected chi connectivity index (χ4v) is 5.03. The Kier molecular flexibility index (Phi) is 3.41. The number of hydrogen-bond donors (Lipinski definition) is 0. The van der Waals surface area contributed by atoms with Gasteiger partial charge in [0.1, 0.15) is 18.2 Å². The molecular formula is C29H20NO2+. The van der Waals surface area contributed by atoms with Gasteiger partial charge in [-0.25, -0.2) is 4.57 Å². The van der Waals surface area contributed by atoms with Crippen LogP contribution < -0.4 is 4.57 Å². The number of fused-ring (bicyclic) bond motifs is 8. The highest BCUT2D eigenvalue weighted by molar-refractivity contribution is 6.20. The monoisotopic (exact) mass is 414 g/mol. The fourth-order valence-electron chi connectivity index (χ4n) is 5.03. The Morgan fingerprint density at radius 1 is 0.625 bits per heavy atom. The van der Waals surface area contributed by atoms with E-state index in [9.17, 15) is 0 Å². The van der Waals surface area contributed by atoms with E-state index in [0.29, 0.717) is 0 Å². The first kappa shape index (κ1) is 17.6. The van der Waals surface area contributed by atoms with Gasteiger partial charge in [0.25, 0.3) is 0 Å². The van der Waals surface area contributed by atoms with Gasteiger partial charge in [0.2, 0.25) is 5.69 Å². The minimum atomic E-state index is 0.809. The van der Waals surface area contributed by atoms with Crippen molar-refractivity contribution in [1.29, 1.82) is 0 Å². The smallest absolute Gasteiger partial charge is 0.216 e. The van der Waals surface area contributed by atoms with Gasteiger partial charge in [0.05, 0.1) is 5.56 Å². The van der Waals surface area contributed by atoms with Gasteiger partial charge in [-0.15, -0.1) is 0 Å². The maximum absolute atomic E-state index is 6.62. The number of pyridine rings is 1. The van der Waals surface area contributed by atoms with E-state index >= 15 is 0 Å². The van der Waals surface area contributed by atoms with Crippen LogP contribution in [0.25, 0.3) is 65.9 Å². The number of benzene rings is 4. The highest BCUT2D eigenvalue weighted by atomic mass is 16.4. The van der Waals surface area contributed by atoms with Crippen molar-refractivity contribution in [2.45, 2.75) is 6.92 Å². The Labute approximate surface area is 184 Å². The number of furan rings is 2. The molecule has 0 radical (unpaired) electrons. The van der Waals surface area contributed by atoms with E-state index in [1.807, 2.05) is 18.2 Å². The molecule has 0 unspecified atom stereocenters. The Balaban J connectivity index is 1.61. The number of rotatable bonds is 1. The van der Waals surface area contributed by atoms with Gasteiger partial charge < -0.3 is 8.83 Å². The lowest BCUT2D eigenvalue weighted by atomic mass is 9.99. The maximum Gasteiger partial charge on any atom is 0.216 e. The van der Waals surface area contributed by atoms with Gasteiger partial charge in [0, 0.05) is 33.0 Å². The number of aromatic nitrogens is 1. The van der Waals surface area contributed by atoms with Crippen LogP contribution >= 0.6 is 0 Å². The molecule has 0 bridgehead atoms. The molecule has 7 rings (SSSR count). The summed E-state index contributed by atoms with van der Waals surface area (Å²) in [7, 11) is 2.10. The van der Waals surface area contributed by atoms with Gasteiger partial charge >= 0.3 is 0 Å². The first-order valence-electron chi connectivity index (χ1n) is 10.8. The highest BCUT2D eigenvalue weighted by Gasteiger charge is 2.23. The van der Waals surface area contributed by atoms with Crippen LogP contribution in [0.15, 0.2) is 93.9 Å². The van der Waals surface area contributed by atoms with Crippen molar-refractivity contribution in [2.75, 3.05) is 0 Å². The summed E-state index contributed by atoms with van der Waals surface area (Å²) in [5.74, 6) is 0. The number of nitrogens with zero attached hydrogens (tertiary/aromatic N) is 1. The van der Waals surface area contributed by atoms with Gasteiger partial charge in [-0.05, 0) is 42.1 Å². The number of hydrogen-bond acceptors (Lipinski definition) is 2. The zero-order valence-corrected chi connectivity index (χ0v) is 17.8. The van der Waals surface area contributed by atoms with E-state index in [1.165, 1.54) is 16.3 Å². The molecule has 152 valence electrons. The molecule has 3 heteroatoms. The first-order valence-corrected chi connectivity index (χ1v) is 10.8. The summed E-state index contributed by atoms with van der Waals surface area (Å²) in [5.41, 5.74) is 6.84. The third-order valence-corrected chi connectivity index (χ3v) is 6.62. The van der Waals surface area contributed by atoms with Crippen LogP contribution in [0.3, 0.4) is 0 Å². The topological polar surface area (TPSA) is 30.2 Å². The summed E-state index contributed by atoms with van der Waals surface area (Å²) in [6, 6.07) is 27.5. The lowest BCUT2D eigenvalue weighted by molar-refractivity contribution is -0.659. The van der Waals surface area contributed by atoms with Crippen LogP contribution in [0.2, 0.25) is 0 Å². The van der Waals surface area contributed by atoms with Crippen molar-refractivity contribution < 1.29 is 13.4 Å². The molecule has 0 amide bonds. The van der Waals surface area contributed by atoms with Crippen LogP contribution in [-0.2, 0) is 7.05 Å². The summed E-state index contributed by atoms with van der Waals surface area (Å²) >= 11 is 0. The summed E-state index contributed by atoms with van der Waals surface area (Å²) in [4.78, 5) is 0. The lowest BCUT2D eigenvalue weighted by Gasteiger charge is -2.07. The molecule has 0 saturated heterocycles. The first-order chi connectivity index (χ1) is 15.7. The molecule has 0 aliphatic carbocycles. The Morgan fingerprint density at radius 3 is 2.16 bits per heavy atom. The molecule has 0 atom stereocenters. The number of aryl methyl sites for hydroxylation is 2. The van der Waals surface area contributed by atoms with Crippen molar-refractivity contribution in [1.82, 2.24) is 0 Å². The molecule has 0 N–H and O–H groups in total. The normalized spacial score (nSPS) is 12.1. The van der Waals surface area contributed by atoms with Crippen molar-refractivity contribution >= 4 is 54.6 Å². The van der Waals surface area contributed by atoms with Gasteiger partial charge in [-0.1, -0.05) is 48.5 Å². The fraction of sp³-hybridized carbons (Fsp3) is 0.0690. The predicted molar refractivity (Wildman–Crippen MR) is 130 cm³/mol. The quantitative estimate of drug-likeness (QED) is 0.261. The molecule has 4 aromatic carbocycles. The molecule has 0 saturated carbocycles. The van der Waals surface area contributed by atoms with Crippen LogP contribution in [0.4, 0.5) is 0 Å². The second kappa shape index (κ2) is 6.21. The van der Waals surface area contributed by atoms with Crippen molar-refractivity contribution in [3.8, 4) is 11.3 Å². The van der Waals surface area contributed by atoms with E-state index in [4.69, 9.17) is 8.83 Å². The van der Waals surface area contributed by atoms with Crippen molar-refractivity contribution in [3.63, 3.8) is 0 Å². The molecule has 3 heterocycles. The van der Waals surface area contributed by atoms with Crippen LogP contribution in [0.1, 0.15) is 5.56 Å². The Morgan fingerprint density at radius 2 is 1.28 bits per heavy atom. The molecule has 3 aromatic heterocycles. The summed E-state index contributed by atoms with van der Waals surface area (Å²) in [6.07, 6.45) is 2.18. The van der Waals surface area contributed by atoms with E-state index in [2.05, 4.69) is 85.4 Å². The average Bonchev–Trinajstić information content (AvgIpc) is 3.37. The third kappa shape index (κ3) is 2.28. The summed E-state index contributed by atoms with van der Waals surface area (Å²) < 4.78 is 15.1. The average molecular weight is 414 g/mol. The minimum absolute atomic E-state index is 0.809. The zero-order chi connectivity index (χ0) is 21.4. The summed E-state index contributed by atoms with van der Waals surface area (Å²) in [5, 5.41) is 6.82. The minimum Gasteiger partial charge on any atom is -0.452 e. The standard InChI is InChI=1S/C29H20NO2/c1-17-11-12-22-23-14-13-21-20-9-5-6-10-25(20)31-28(21)29(23)32-27(22)26(17)24-15-18-7-3-4-8-19(18)16-30(24)2/h3-16H,1-2H3/q+1. The third-order valence-electron chi connectivity index (χ3n) is 6.62. The molecule has 32 heavy (non-hydrogen) atoms. The maximum atomic E-state index is 6.62. The van der Waals surface area contributed by atoms with Crippen LogP contribution in [0, 0.1) is 6.92 Å². The molecule has 0 spiro atoms.